The van der Waals surface area contributed by atoms with Crippen molar-refractivity contribution in [3.63, 3.8) is 0 Å². The average Bonchev–Trinajstić information content (AvgIpc) is 2.65. The van der Waals surface area contributed by atoms with E-state index in [9.17, 15) is 14.4 Å². The van der Waals surface area contributed by atoms with E-state index in [0.29, 0.717) is 11.9 Å². The highest BCUT2D eigenvalue weighted by atomic mass is 16.5. The van der Waals surface area contributed by atoms with Crippen LogP contribution in [0.15, 0.2) is 11.1 Å². The first-order chi connectivity index (χ1) is 7.51. The quantitative estimate of drug-likeness (QED) is 0.401. The number of carbonyl (C=O) groups is 3. The molecule has 0 aromatic heterocycles. The molecule has 0 radical (unpaired) electrons. The third kappa shape index (κ3) is 1.73. The molecule has 0 fully saturated rings. The highest BCUT2D eigenvalue weighted by Gasteiger charge is 2.52. The smallest absolute Gasteiger partial charge is 0.323 e. The van der Waals surface area contributed by atoms with Gasteiger partial charge in [-0.1, -0.05) is 5.57 Å². The van der Waals surface area contributed by atoms with Gasteiger partial charge in [-0.25, -0.2) is 0 Å². The molecule has 0 amide bonds. The molecule has 1 rings (SSSR count). The van der Waals surface area contributed by atoms with Gasteiger partial charge in [-0.3, -0.25) is 14.4 Å². The van der Waals surface area contributed by atoms with Crippen LogP contribution in [0.5, 0.6) is 0 Å². The third-order valence-corrected chi connectivity index (χ3v) is 2.90. The Bertz CT molecular complexity index is 351. The van der Waals surface area contributed by atoms with Gasteiger partial charge in [-0.15, -0.1) is 0 Å². The number of carbonyl (C=O) groups excluding carboxylic acids is 3. The molecule has 0 spiro atoms. The van der Waals surface area contributed by atoms with E-state index in [1.54, 1.807) is 6.92 Å². The predicted molar refractivity (Wildman–Crippen MR) is 54.5 cm³/mol. The van der Waals surface area contributed by atoms with Crippen LogP contribution in [0.4, 0.5) is 0 Å². The molecule has 5 heteroatoms. The highest BCUT2D eigenvalue weighted by molar-refractivity contribution is 6.02. The van der Waals surface area contributed by atoms with Gasteiger partial charge < -0.3 is 9.47 Å². The fourth-order valence-corrected chi connectivity index (χ4v) is 2.01. The third-order valence-electron chi connectivity index (χ3n) is 2.90. The van der Waals surface area contributed by atoms with E-state index in [4.69, 9.17) is 0 Å². The summed E-state index contributed by atoms with van der Waals surface area (Å²) in [5, 5.41) is 0. The average molecular weight is 226 g/mol. The molecule has 0 atom stereocenters. The van der Waals surface area contributed by atoms with Crippen LogP contribution in [0.3, 0.4) is 0 Å². The standard InChI is InChI=1S/C11H14O5/c1-7-4-11(9(13)15-2,10(14)16-3)5-8(7)6-12/h6H,4-5H2,1-3H3. The zero-order chi connectivity index (χ0) is 12.3. The number of hydrogen-bond acceptors (Lipinski definition) is 5. The van der Waals surface area contributed by atoms with Crippen molar-refractivity contribution in [3.8, 4) is 0 Å². The molecule has 0 saturated carbocycles. The van der Waals surface area contributed by atoms with Crippen LogP contribution in [-0.2, 0) is 23.9 Å². The largest absolute Gasteiger partial charge is 0.468 e. The maximum absolute atomic E-state index is 11.7. The number of ether oxygens (including phenoxy) is 2. The van der Waals surface area contributed by atoms with E-state index in [0.717, 1.165) is 5.57 Å². The van der Waals surface area contributed by atoms with E-state index in [-0.39, 0.29) is 12.8 Å². The highest BCUT2D eigenvalue weighted by Crippen LogP contribution is 2.43. The lowest BCUT2D eigenvalue weighted by atomic mass is 9.84. The van der Waals surface area contributed by atoms with E-state index in [1.165, 1.54) is 14.2 Å². The summed E-state index contributed by atoms with van der Waals surface area (Å²) >= 11 is 0. The number of methoxy groups -OCH3 is 2. The SMILES string of the molecule is COC(=O)C1(C(=O)OC)CC(C)=C(C=O)C1. The summed E-state index contributed by atoms with van der Waals surface area (Å²) in [5.41, 5.74) is -0.175. The molecule has 16 heavy (non-hydrogen) atoms. The minimum absolute atomic E-state index is 0.0572. The van der Waals surface area contributed by atoms with Crippen LogP contribution < -0.4 is 0 Å². The van der Waals surface area contributed by atoms with Crippen LogP contribution in [0.1, 0.15) is 19.8 Å². The molecule has 1 aliphatic rings. The zero-order valence-electron chi connectivity index (χ0n) is 9.53. The van der Waals surface area contributed by atoms with Gasteiger partial charge in [0.15, 0.2) is 5.41 Å². The molecular formula is C11H14O5. The van der Waals surface area contributed by atoms with Crippen molar-refractivity contribution in [1.82, 2.24) is 0 Å². The summed E-state index contributed by atoms with van der Waals surface area (Å²) in [5.74, 6) is -1.31. The van der Waals surface area contributed by atoms with E-state index >= 15 is 0 Å². The van der Waals surface area contributed by atoms with Crippen molar-refractivity contribution in [3.05, 3.63) is 11.1 Å². The Labute approximate surface area is 93.4 Å². The number of esters is 2. The Balaban J connectivity index is 3.09. The van der Waals surface area contributed by atoms with E-state index in [2.05, 4.69) is 9.47 Å². The molecule has 0 aromatic rings. The van der Waals surface area contributed by atoms with Crippen molar-refractivity contribution in [2.45, 2.75) is 19.8 Å². The number of aldehydes is 1. The second kappa shape index (κ2) is 4.47. The van der Waals surface area contributed by atoms with Crippen LogP contribution in [-0.4, -0.2) is 32.4 Å². The summed E-state index contributed by atoms with van der Waals surface area (Å²) in [6.45, 7) is 1.72. The van der Waals surface area contributed by atoms with Crippen molar-refractivity contribution in [2.24, 2.45) is 5.41 Å². The van der Waals surface area contributed by atoms with E-state index in [1.807, 2.05) is 0 Å². The Hall–Kier alpha value is -1.65. The van der Waals surface area contributed by atoms with Crippen LogP contribution in [0.25, 0.3) is 0 Å². The minimum Gasteiger partial charge on any atom is -0.468 e. The molecule has 0 aliphatic heterocycles. The Morgan fingerprint density at radius 3 is 2.00 bits per heavy atom. The van der Waals surface area contributed by atoms with E-state index < -0.39 is 17.4 Å². The Morgan fingerprint density at radius 1 is 1.19 bits per heavy atom. The molecule has 0 N–H and O–H groups in total. The summed E-state index contributed by atoms with van der Waals surface area (Å²) in [6, 6.07) is 0. The van der Waals surface area contributed by atoms with Gasteiger partial charge in [0.05, 0.1) is 14.2 Å². The molecule has 0 aromatic carbocycles. The molecule has 5 nitrogen and oxygen atoms in total. The molecule has 0 unspecified atom stereocenters. The first-order valence-corrected chi connectivity index (χ1v) is 4.82. The molecule has 1 aliphatic carbocycles. The summed E-state index contributed by atoms with van der Waals surface area (Å²) in [4.78, 5) is 34.1. The van der Waals surface area contributed by atoms with Crippen molar-refractivity contribution in [2.75, 3.05) is 14.2 Å². The van der Waals surface area contributed by atoms with Crippen molar-refractivity contribution >= 4 is 18.2 Å². The first-order valence-electron chi connectivity index (χ1n) is 4.82. The maximum Gasteiger partial charge on any atom is 0.323 e. The number of allylic oxidation sites excluding steroid dienone is 2. The summed E-state index contributed by atoms with van der Waals surface area (Å²) in [6.07, 6.45) is 0.908. The lowest BCUT2D eigenvalue weighted by Gasteiger charge is -2.23. The van der Waals surface area contributed by atoms with Gasteiger partial charge in [0.1, 0.15) is 6.29 Å². The maximum atomic E-state index is 11.7. The Morgan fingerprint density at radius 2 is 1.69 bits per heavy atom. The Kier molecular flexibility index (Phi) is 3.47. The molecule has 0 heterocycles. The summed E-state index contributed by atoms with van der Waals surface area (Å²) < 4.78 is 9.24. The molecular weight excluding hydrogens is 212 g/mol. The molecule has 0 saturated heterocycles. The molecule has 88 valence electrons. The second-order valence-electron chi connectivity index (χ2n) is 3.84. The number of rotatable bonds is 3. The van der Waals surface area contributed by atoms with Crippen LogP contribution in [0.2, 0.25) is 0 Å². The zero-order valence-corrected chi connectivity index (χ0v) is 9.53. The second-order valence-corrected chi connectivity index (χ2v) is 3.84. The fourth-order valence-electron chi connectivity index (χ4n) is 2.01. The van der Waals surface area contributed by atoms with Gasteiger partial charge >= 0.3 is 11.9 Å². The van der Waals surface area contributed by atoms with Crippen molar-refractivity contribution in [1.29, 1.82) is 0 Å². The summed E-state index contributed by atoms with van der Waals surface area (Å²) in [7, 11) is 2.42. The fraction of sp³-hybridized carbons (Fsp3) is 0.545. The van der Waals surface area contributed by atoms with Crippen LogP contribution >= 0.6 is 0 Å². The van der Waals surface area contributed by atoms with Gasteiger partial charge in [0.2, 0.25) is 0 Å². The van der Waals surface area contributed by atoms with Gasteiger partial charge in [-0.05, 0) is 18.9 Å². The lowest BCUT2D eigenvalue weighted by Crippen LogP contribution is -2.39. The van der Waals surface area contributed by atoms with Crippen LogP contribution in [0, 0.1) is 5.41 Å². The van der Waals surface area contributed by atoms with Gasteiger partial charge in [0.25, 0.3) is 0 Å². The normalized spacial score (nSPS) is 18.2. The monoisotopic (exact) mass is 226 g/mol. The predicted octanol–water partition coefficient (Wildman–Crippen LogP) is 0.628. The molecule has 0 bridgehead atoms. The number of hydrogen-bond donors (Lipinski definition) is 0. The lowest BCUT2D eigenvalue weighted by molar-refractivity contribution is -0.168. The minimum atomic E-state index is -1.37. The topological polar surface area (TPSA) is 69.7 Å². The first kappa shape index (κ1) is 12.4. The van der Waals surface area contributed by atoms with Crippen molar-refractivity contribution < 1.29 is 23.9 Å². The van der Waals surface area contributed by atoms with Gasteiger partial charge in [0, 0.05) is 6.42 Å². The van der Waals surface area contributed by atoms with Gasteiger partial charge in [-0.2, -0.15) is 0 Å².